The zero-order chi connectivity index (χ0) is 14.9. The van der Waals surface area contributed by atoms with Crippen LogP contribution >= 0.6 is 0 Å². The van der Waals surface area contributed by atoms with E-state index in [1.807, 2.05) is 0 Å². The molecule has 20 heavy (non-hydrogen) atoms. The molecule has 0 spiro atoms. The van der Waals surface area contributed by atoms with Gasteiger partial charge in [-0.05, 0) is 37.3 Å². The minimum absolute atomic E-state index is 0.301. The number of hydrogen-bond donors (Lipinski definition) is 1. The Balaban J connectivity index is 2.29. The summed E-state index contributed by atoms with van der Waals surface area (Å²) in [5, 5.41) is 3.75. The SMILES string of the molecule is CCC1CNC(C(C)(C)C)CN1c1ccc(C)cc1C. The van der Waals surface area contributed by atoms with E-state index >= 15 is 0 Å². The van der Waals surface area contributed by atoms with Crippen molar-refractivity contribution in [1.82, 2.24) is 5.32 Å². The molecule has 0 radical (unpaired) electrons. The maximum Gasteiger partial charge on any atom is 0.0412 e. The van der Waals surface area contributed by atoms with Gasteiger partial charge in [-0.2, -0.15) is 0 Å². The van der Waals surface area contributed by atoms with Gasteiger partial charge in [-0.25, -0.2) is 0 Å². The number of rotatable bonds is 2. The summed E-state index contributed by atoms with van der Waals surface area (Å²) in [7, 11) is 0. The molecule has 1 fully saturated rings. The van der Waals surface area contributed by atoms with Crippen LogP contribution in [0.1, 0.15) is 45.2 Å². The van der Waals surface area contributed by atoms with Gasteiger partial charge in [0.15, 0.2) is 0 Å². The summed E-state index contributed by atoms with van der Waals surface area (Å²) in [6.45, 7) is 15.9. The van der Waals surface area contributed by atoms with Crippen molar-refractivity contribution in [3.8, 4) is 0 Å². The normalized spacial score (nSPS) is 24.0. The third-order valence-corrected chi connectivity index (χ3v) is 4.60. The molecule has 0 saturated carbocycles. The van der Waals surface area contributed by atoms with Gasteiger partial charge in [-0.1, -0.05) is 45.4 Å². The number of nitrogens with zero attached hydrogens (tertiary/aromatic N) is 1. The lowest BCUT2D eigenvalue weighted by molar-refractivity contribution is 0.233. The highest BCUT2D eigenvalue weighted by atomic mass is 15.2. The summed E-state index contributed by atoms with van der Waals surface area (Å²) < 4.78 is 0. The van der Waals surface area contributed by atoms with E-state index in [0.717, 1.165) is 13.1 Å². The summed E-state index contributed by atoms with van der Waals surface area (Å²) in [6.07, 6.45) is 1.19. The van der Waals surface area contributed by atoms with Gasteiger partial charge in [0.2, 0.25) is 0 Å². The predicted molar refractivity (Wildman–Crippen MR) is 88.6 cm³/mol. The van der Waals surface area contributed by atoms with Gasteiger partial charge in [0.25, 0.3) is 0 Å². The molecule has 0 bridgehead atoms. The smallest absolute Gasteiger partial charge is 0.0412 e. The lowest BCUT2D eigenvalue weighted by atomic mass is 9.84. The van der Waals surface area contributed by atoms with E-state index in [4.69, 9.17) is 0 Å². The second kappa shape index (κ2) is 5.77. The lowest BCUT2D eigenvalue weighted by Gasteiger charge is -2.46. The van der Waals surface area contributed by atoms with E-state index in [9.17, 15) is 0 Å². The van der Waals surface area contributed by atoms with Crippen molar-refractivity contribution in [2.75, 3.05) is 18.0 Å². The Hall–Kier alpha value is -1.02. The van der Waals surface area contributed by atoms with Crippen LogP contribution in [0, 0.1) is 19.3 Å². The fourth-order valence-electron chi connectivity index (χ4n) is 3.17. The first-order valence-electron chi connectivity index (χ1n) is 7.90. The third-order valence-electron chi connectivity index (χ3n) is 4.60. The summed E-state index contributed by atoms with van der Waals surface area (Å²) in [4.78, 5) is 2.63. The quantitative estimate of drug-likeness (QED) is 0.879. The van der Waals surface area contributed by atoms with E-state index in [0.29, 0.717) is 17.5 Å². The fraction of sp³-hybridized carbons (Fsp3) is 0.667. The summed E-state index contributed by atoms with van der Waals surface area (Å²) in [5.41, 5.74) is 4.47. The van der Waals surface area contributed by atoms with Crippen molar-refractivity contribution in [2.24, 2.45) is 5.41 Å². The average molecular weight is 274 g/mol. The van der Waals surface area contributed by atoms with E-state index in [1.54, 1.807) is 0 Å². The zero-order valence-corrected chi connectivity index (χ0v) is 14.0. The molecule has 2 unspecified atom stereocenters. The summed E-state index contributed by atoms with van der Waals surface area (Å²) in [5.74, 6) is 0. The molecule has 1 N–H and O–H groups in total. The molecular formula is C18H30N2. The Labute approximate surface area is 124 Å². The largest absolute Gasteiger partial charge is 0.365 e. The van der Waals surface area contributed by atoms with Crippen LogP contribution in [-0.2, 0) is 0 Å². The lowest BCUT2D eigenvalue weighted by Crippen LogP contribution is -2.60. The number of hydrogen-bond acceptors (Lipinski definition) is 2. The number of benzene rings is 1. The molecule has 1 aliphatic heterocycles. The van der Waals surface area contributed by atoms with Crippen molar-refractivity contribution in [1.29, 1.82) is 0 Å². The van der Waals surface area contributed by atoms with Crippen LogP contribution in [0.3, 0.4) is 0 Å². The van der Waals surface area contributed by atoms with Gasteiger partial charge >= 0.3 is 0 Å². The van der Waals surface area contributed by atoms with Gasteiger partial charge < -0.3 is 10.2 Å². The zero-order valence-electron chi connectivity index (χ0n) is 14.0. The van der Waals surface area contributed by atoms with Gasteiger partial charge in [0.1, 0.15) is 0 Å². The topological polar surface area (TPSA) is 15.3 Å². The van der Waals surface area contributed by atoms with Crippen molar-refractivity contribution >= 4 is 5.69 Å². The van der Waals surface area contributed by atoms with Crippen LogP contribution < -0.4 is 10.2 Å². The second-order valence-electron chi connectivity index (χ2n) is 7.33. The van der Waals surface area contributed by atoms with Crippen LogP contribution in [0.4, 0.5) is 5.69 Å². The molecule has 112 valence electrons. The molecular weight excluding hydrogens is 244 g/mol. The van der Waals surface area contributed by atoms with Crippen molar-refractivity contribution < 1.29 is 0 Å². The minimum atomic E-state index is 0.301. The molecule has 2 rings (SSSR count). The molecule has 1 aliphatic rings. The van der Waals surface area contributed by atoms with Gasteiger partial charge in [-0.15, -0.1) is 0 Å². The molecule has 0 amide bonds. The fourth-order valence-corrected chi connectivity index (χ4v) is 3.17. The number of aryl methyl sites for hydroxylation is 2. The molecule has 1 aromatic carbocycles. The molecule has 2 atom stereocenters. The highest BCUT2D eigenvalue weighted by molar-refractivity contribution is 5.56. The van der Waals surface area contributed by atoms with E-state index in [2.05, 4.69) is 70.0 Å². The first-order chi connectivity index (χ1) is 9.32. The monoisotopic (exact) mass is 274 g/mol. The summed E-state index contributed by atoms with van der Waals surface area (Å²) in [6, 6.07) is 8.00. The molecule has 2 nitrogen and oxygen atoms in total. The molecule has 1 aromatic rings. The van der Waals surface area contributed by atoms with E-state index < -0.39 is 0 Å². The number of piperazine rings is 1. The van der Waals surface area contributed by atoms with Crippen molar-refractivity contribution in [3.63, 3.8) is 0 Å². The standard InChI is InChI=1S/C18H30N2/c1-7-15-11-19-17(18(4,5)6)12-20(15)16-9-8-13(2)10-14(16)3/h8-10,15,17,19H,7,11-12H2,1-6H3. The van der Waals surface area contributed by atoms with Crippen molar-refractivity contribution in [3.05, 3.63) is 29.3 Å². The number of anilines is 1. The molecule has 0 aromatic heterocycles. The Morgan fingerprint density at radius 1 is 1.25 bits per heavy atom. The predicted octanol–water partition coefficient (Wildman–Crippen LogP) is 3.91. The van der Waals surface area contributed by atoms with Gasteiger partial charge in [0, 0.05) is 30.9 Å². The minimum Gasteiger partial charge on any atom is -0.365 e. The summed E-state index contributed by atoms with van der Waals surface area (Å²) >= 11 is 0. The molecule has 2 heteroatoms. The Bertz CT molecular complexity index is 459. The Morgan fingerprint density at radius 3 is 2.50 bits per heavy atom. The Morgan fingerprint density at radius 2 is 1.95 bits per heavy atom. The molecule has 0 aliphatic carbocycles. The third kappa shape index (κ3) is 3.17. The van der Waals surface area contributed by atoms with E-state index in [-0.39, 0.29) is 0 Å². The van der Waals surface area contributed by atoms with Crippen LogP contribution in [0.25, 0.3) is 0 Å². The van der Waals surface area contributed by atoms with Crippen LogP contribution in [0.2, 0.25) is 0 Å². The molecule has 1 heterocycles. The van der Waals surface area contributed by atoms with Gasteiger partial charge in [-0.3, -0.25) is 0 Å². The van der Waals surface area contributed by atoms with E-state index in [1.165, 1.54) is 23.2 Å². The first kappa shape index (κ1) is 15.4. The van der Waals surface area contributed by atoms with Crippen molar-refractivity contribution in [2.45, 2.75) is 60.0 Å². The highest BCUT2D eigenvalue weighted by Crippen LogP contribution is 2.30. The first-order valence-corrected chi connectivity index (χ1v) is 7.90. The average Bonchev–Trinajstić information content (AvgIpc) is 2.37. The maximum atomic E-state index is 3.75. The van der Waals surface area contributed by atoms with Crippen LogP contribution in [-0.4, -0.2) is 25.2 Å². The maximum absolute atomic E-state index is 3.75. The second-order valence-corrected chi connectivity index (χ2v) is 7.33. The van der Waals surface area contributed by atoms with Crippen LogP contribution in [0.15, 0.2) is 18.2 Å². The molecule has 1 saturated heterocycles. The highest BCUT2D eigenvalue weighted by Gasteiger charge is 2.33. The van der Waals surface area contributed by atoms with Crippen LogP contribution in [0.5, 0.6) is 0 Å². The Kier molecular flexibility index (Phi) is 4.43. The number of nitrogens with one attached hydrogen (secondary N) is 1. The van der Waals surface area contributed by atoms with Gasteiger partial charge in [0.05, 0.1) is 0 Å².